The molecule has 2 amide bonds. The predicted octanol–water partition coefficient (Wildman–Crippen LogP) is 3.42. The Morgan fingerprint density at radius 3 is 2.36 bits per heavy atom. The third-order valence-electron chi connectivity index (χ3n) is 6.20. The molecule has 2 aliphatic heterocycles. The number of amides is 2. The van der Waals surface area contributed by atoms with Crippen molar-refractivity contribution in [2.24, 2.45) is 5.92 Å². The molecule has 8 nitrogen and oxygen atoms in total. The number of esters is 1. The fraction of sp³-hybridized carbons (Fsp3) is 0.280. The van der Waals surface area contributed by atoms with Crippen molar-refractivity contribution in [2.45, 2.75) is 29.7 Å². The number of hydrogen-bond acceptors (Lipinski definition) is 8. The summed E-state index contributed by atoms with van der Waals surface area (Å²) in [6, 6.07) is 12.3. The van der Waals surface area contributed by atoms with E-state index in [1.54, 1.807) is 43.3 Å². The van der Waals surface area contributed by atoms with Gasteiger partial charge in [-0.25, -0.2) is 9.29 Å². The van der Waals surface area contributed by atoms with Crippen LogP contribution >= 0.6 is 23.1 Å². The van der Waals surface area contributed by atoms with Crippen molar-refractivity contribution in [2.75, 3.05) is 18.6 Å². The fourth-order valence-corrected chi connectivity index (χ4v) is 7.38. The highest BCUT2D eigenvalue weighted by atomic mass is 32.2. The molecule has 1 fully saturated rings. The molecule has 5 rings (SSSR count). The Morgan fingerprint density at radius 1 is 1.03 bits per heavy atom. The number of anilines is 1. The zero-order valence-electron chi connectivity index (χ0n) is 19.3. The van der Waals surface area contributed by atoms with Crippen LogP contribution in [0.15, 0.2) is 58.4 Å². The van der Waals surface area contributed by atoms with Crippen molar-refractivity contribution in [3.05, 3.63) is 74.5 Å². The van der Waals surface area contributed by atoms with Crippen LogP contribution in [-0.2, 0) is 25.7 Å². The van der Waals surface area contributed by atoms with Crippen LogP contribution < -0.4 is 14.5 Å². The van der Waals surface area contributed by atoms with Gasteiger partial charge in [0.25, 0.3) is 0 Å². The Hall–Kier alpha value is -3.44. The molecule has 0 radical (unpaired) electrons. The number of halogens is 1. The lowest BCUT2D eigenvalue weighted by Gasteiger charge is -2.30. The molecule has 36 heavy (non-hydrogen) atoms. The van der Waals surface area contributed by atoms with Crippen LogP contribution in [0.1, 0.15) is 23.3 Å². The Kier molecular flexibility index (Phi) is 6.44. The fourth-order valence-electron chi connectivity index (χ4n) is 4.61. The molecule has 0 saturated carbocycles. The monoisotopic (exact) mass is 528 g/mol. The van der Waals surface area contributed by atoms with Gasteiger partial charge in [0, 0.05) is 10.8 Å². The summed E-state index contributed by atoms with van der Waals surface area (Å²) in [5.41, 5.74) is 1.01. The van der Waals surface area contributed by atoms with Crippen molar-refractivity contribution in [1.82, 2.24) is 4.57 Å². The summed E-state index contributed by atoms with van der Waals surface area (Å²) in [6.45, 7) is 1.54. The summed E-state index contributed by atoms with van der Waals surface area (Å²) < 4.78 is 25.2. The van der Waals surface area contributed by atoms with Gasteiger partial charge in [-0.15, -0.1) is 0 Å². The predicted molar refractivity (Wildman–Crippen MR) is 132 cm³/mol. The lowest BCUT2D eigenvalue weighted by Crippen LogP contribution is -2.32. The first-order chi connectivity index (χ1) is 17.3. The number of aromatic nitrogens is 1. The molecule has 1 saturated heterocycles. The van der Waals surface area contributed by atoms with Gasteiger partial charge in [0.05, 0.1) is 30.3 Å². The number of fused-ring (bicyclic) bond motifs is 2. The molecule has 0 bridgehead atoms. The van der Waals surface area contributed by atoms with E-state index in [-0.39, 0.29) is 18.0 Å². The topological polar surface area (TPSA) is 94.9 Å². The van der Waals surface area contributed by atoms with Crippen LogP contribution in [0.4, 0.5) is 10.1 Å². The van der Waals surface area contributed by atoms with E-state index in [0.717, 1.165) is 28.0 Å². The van der Waals surface area contributed by atoms with E-state index in [0.29, 0.717) is 26.9 Å². The Bertz CT molecular complexity index is 1400. The molecule has 1 aromatic heterocycles. The number of carbonyl (C=O) groups excluding carboxylic acids is 3. The summed E-state index contributed by atoms with van der Waals surface area (Å²) in [7, 11) is 1.52. The summed E-state index contributed by atoms with van der Waals surface area (Å²) in [4.78, 5) is 53.8. The molecule has 3 atom stereocenters. The van der Waals surface area contributed by atoms with Crippen molar-refractivity contribution in [3.8, 4) is 5.75 Å². The average Bonchev–Trinajstić information content (AvgIpc) is 3.31. The van der Waals surface area contributed by atoms with Gasteiger partial charge in [0.2, 0.25) is 11.8 Å². The Morgan fingerprint density at radius 2 is 1.72 bits per heavy atom. The van der Waals surface area contributed by atoms with E-state index in [2.05, 4.69) is 0 Å². The van der Waals surface area contributed by atoms with E-state index in [1.807, 2.05) is 0 Å². The van der Waals surface area contributed by atoms with E-state index in [1.165, 1.54) is 23.8 Å². The highest BCUT2D eigenvalue weighted by Gasteiger charge is 2.56. The highest BCUT2D eigenvalue weighted by Crippen LogP contribution is 2.53. The maximum absolute atomic E-state index is 13.8. The SMILES string of the molecule is CCOC(=O)Cn1c2c(sc1=O)[C@H](c1ccc(F)cc1)C1C(=O)N(c3ccc(OC)cc3)C(=O)C1S2. The molecule has 0 N–H and O–H groups in total. The first-order valence-electron chi connectivity index (χ1n) is 11.2. The zero-order chi connectivity index (χ0) is 25.6. The number of thiazole rings is 1. The van der Waals surface area contributed by atoms with E-state index in [9.17, 15) is 23.6 Å². The number of rotatable bonds is 6. The molecule has 186 valence electrons. The first kappa shape index (κ1) is 24.3. The molecular formula is C25H21FN2O6S2. The van der Waals surface area contributed by atoms with Gasteiger partial charge < -0.3 is 9.47 Å². The number of hydrogen-bond donors (Lipinski definition) is 0. The third-order valence-corrected chi connectivity index (χ3v) is 8.81. The standard InChI is InChI=1S/C25H21FN2O6S2/c1-3-34-17(29)12-27-24-21(36-25(27)32)18(13-4-6-14(26)7-5-13)19-20(35-24)23(31)28(22(19)30)15-8-10-16(33-2)11-9-15/h4-11,18-20H,3,12H2,1-2H3/t18-,19?,20?/m1/s1. The van der Waals surface area contributed by atoms with Crippen molar-refractivity contribution in [1.29, 1.82) is 0 Å². The van der Waals surface area contributed by atoms with Crippen LogP contribution in [-0.4, -0.2) is 41.3 Å². The van der Waals surface area contributed by atoms with Gasteiger partial charge >= 0.3 is 10.8 Å². The molecule has 2 unspecified atom stereocenters. The molecule has 11 heteroatoms. The van der Waals surface area contributed by atoms with Gasteiger partial charge in [-0.2, -0.15) is 0 Å². The molecule has 2 aliphatic rings. The summed E-state index contributed by atoms with van der Waals surface area (Å²) in [6.07, 6.45) is 0. The Labute approximate surface area is 213 Å². The average molecular weight is 529 g/mol. The third kappa shape index (κ3) is 4.01. The highest BCUT2D eigenvalue weighted by molar-refractivity contribution is 8.00. The number of methoxy groups -OCH3 is 1. The maximum Gasteiger partial charge on any atom is 0.326 e. The van der Waals surface area contributed by atoms with E-state index < -0.39 is 40.7 Å². The summed E-state index contributed by atoms with van der Waals surface area (Å²) in [5, 5.41) is -0.379. The van der Waals surface area contributed by atoms with Gasteiger partial charge in [0.15, 0.2) is 0 Å². The van der Waals surface area contributed by atoms with Crippen LogP contribution in [0.5, 0.6) is 5.75 Å². The van der Waals surface area contributed by atoms with E-state index >= 15 is 0 Å². The maximum atomic E-state index is 13.8. The minimum Gasteiger partial charge on any atom is -0.497 e. The van der Waals surface area contributed by atoms with Crippen LogP contribution in [0.25, 0.3) is 0 Å². The Balaban J connectivity index is 1.62. The van der Waals surface area contributed by atoms with E-state index in [4.69, 9.17) is 9.47 Å². The van der Waals surface area contributed by atoms with Crippen LogP contribution in [0.3, 0.4) is 0 Å². The van der Waals surface area contributed by atoms with Crippen LogP contribution in [0, 0.1) is 11.7 Å². The minimum absolute atomic E-state index is 0.166. The normalized spacial score (nSPS) is 20.8. The molecule has 3 aromatic rings. The molecule has 3 heterocycles. The number of imide groups is 1. The molecule has 0 aliphatic carbocycles. The number of benzene rings is 2. The number of carbonyl (C=O) groups is 3. The van der Waals surface area contributed by atoms with Gasteiger partial charge in [0.1, 0.15) is 23.4 Å². The quantitative estimate of drug-likeness (QED) is 0.357. The van der Waals surface area contributed by atoms with Crippen molar-refractivity contribution < 1.29 is 28.2 Å². The van der Waals surface area contributed by atoms with Gasteiger partial charge in [-0.1, -0.05) is 35.2 Å². The first-order valence-corrected chi connectivity index (χ1v) is 12.9. The second-order valence-corrected chi connectivity index (χ2v) is 10.4. The number of ether oxygens (including phenoxy) is 2. The van der Waals surface area contributed by atoms with Crippen LogP contribution in [0.2, 0.25) is 0 Å². The zero-order valence-corrected chi connectivity index (χ0v) is 20.9. The largest absolute Gasteiger partial charge is 0.497 e. The second-order valence-electron chi connectivity index (χ2n) is 8.23. The van der Waals surface area contributed by atoms with Crippen molar-refractivity contribution in [3.63, 3.8) is 0 Å². The second kappa shape index (κ2) is 9.55. The van der Waals surface area contributed by atoms with Gasteiger partial charge in [-0.05, 0) is 48.9 Å². The summed E-state index contributed by atoms with van der Waals surface area (Å²) >= 11 is 2.03. The minimum atomic E-state index is -0.829. The van der Waals surface area contributed by atoms with Gasteiger partial charge in [-0.3, -0.25) is 23.7 Å². The van der Waals surface area contributed by atoms with Crippen molar-refractivity contribution >= 4 is 46.6 Å². The molecule has 0 spiro atoms. The molecular weight excluding hydrogens is 507 g/mol. The summed E-state index contributed by atoms with van der Waals surface area (Å²) in [5.74, 6) is -2.72. The number of nitrogens with zero attached hydrogens (tertiary/aromatic N) is 2. The lowest BCUT2D eigenvalue weighted by atomic mass is 9.83. The number of thioether (sulfide) groups is 1. The smallest absolute Gasteiger partial charge is 0.326 e. The molecule has 2 aromatic carbocycles. The lowest BCUT2D eigenvalue weighted by molar-refractivity contribution is -0.144.